The fourth-order valence-corrected chi connectivity index (χ4v) is 5.83. The number of thioether (sulfide) groups is 1. The molecule has 10 nitrogen and oxygen atoms in total. The van der Waals surface area contributed by atoms with E-state index < -0.39 is 34.7 Å². The summed E-state index contributed by atoms with van der Waals surface area (Å²) < 4.78 is 22.4. The van der Waals surface area contributed by atoms with Crippen molar-refractivity contribution in [3.8, 4) is 0 Å². The molecule has 3 atom stereocenters. The first-order valence-corrected chi connectivity index (χ1v) is 14.2. The number of nitro benzene ring substituents is 1. The number of ether oxygens (including phenoxy) is 4. The lowest BCUT2D eigenvalue weighted by Gasteiger charge is -2.30. The quantitative estimate of drug-likeness (QED) is 0.174. The van der Waals surface area contributed by atoms with Crippen LogP contribution in [0.15, 0.2) is 76.0 Å². The summed E-state index contributed by atoms with van der Waals surface area (Å²) in [6, 6.07) is 13.6. The Bertz CT molecular complexity index is 1400. The lowest BCUT2D eigenvalue weighted by molar-refractivity contribution is -0.384. The van der Waals surface area contributed by atoms with Gasteiger partial charge in [0.2, 0.25) is 0 Å². The van der Waals surface area contributed by atoms with Crippen LogP contribution in [0.5, 0.6) is 0 Å². The molecule has 2 aliphatic rings. The molecule has 0 aliphatic carbocycles. The third-order valence-electron chi connectivity index (χ3n) is 6.94. The van der Waals surface area contributed by atoms with Crippen LogP contribution in [0, 0.1) is 10.1 Å². The summed E-state index contributed by atoms with van der Waals surface area (Å²) in [7, 11) is 1.25. The van der Waals surface area contributed by atoms with E-state index in [0.717, 1.165) is 16.2 Å². The lowest BCUT2D eigenvalue weighted by Crippen LogP contribution is -2.32. The van der Waals surface area contributed by atoms with Crippen molar-refractivity contribution < 1.29 is 33.5 Å². The molecule has 1 saturated heterocycles. The second-order valence-corrected chi connectivity index (χ2v) is 11.5. The van der Waals surface area contributed by atoms with Crippen LogP contribution in [-0.2, 0) is 28.5 Å². The van der Waals surface area contributed by atoms with Gasteiger partial charge in [-0.15, -0.1) is 11.8 Å². The largest absolute Gasteiger partial charge is 0.466 e. The van der Waals surface area contributed by atoms with Crippen molar-refractivity contribution in [3.05, 3.63) is 92.3 Å². The maximum absolute atomic E-state index is 13.7. The van der Waals surface area contributed by atoms with Crippen molar-refractivity contribution >= 4 is 29.4 Å². The zero-order chi connectivity index (χ0) is 29.9. The molecule has 2 aromatic rings. The first-order chi connectivity index (χ1) is 19.4. The predicted octanol–water partition coefficient (Wildman–Crippen LogP) is 5.55. The molecule has 0 saturated carbocycles. The van der Waals surface area contributed by atoms with Crippen LogP contribution in [0.4, 0.5) is 5.69 Å². The Hall–Kier alpha value is -3.67. The fourth-order valence-electron chi connectivity index (χ4n) is 4.96. The second-order valence-electron chi connectivity index (χ2n) is 10.4. The van der Waals surface area contributed by atoms with E-state index in [2.05, 4.69) is 5.32 Å². The summed E-state index contributed by atoms with van der Waals surface area (Å²) in [6.45, 7) is 9.51. The van der Waals surface area contributed by atoms with Gasteiger partial charge in [0.15, 0.2) is 5.79 Å². The molecule has 1 N–H and O–H groups in total. The number of dihydropyridines is 1. The zero-order valence-corrected chi connectivity index (χ0v) is 24.7. The zero-order valence-electron chi connectivity index (χ0n) is 23.9. The molecular weight excluding hydrogens is 548 g/mol. The molecule has 3 unspecified atom stereocenters. The summed E-state index contributed by atoms with van der Waals surface area (Å²) in [6.07, 6.45) is -0.588. The Morgan fingerprint density at radius 2 is 1.78 bits per heavy atom. The summed E-state index contributed by atoms with van der Waals surface area (Å²) in [5.74, 6) is -2.02. The average molecular weight is 583 g/mol. The summed E-state index contributed by atoms with van der Waals surface area (Å²) in [5, 5.41) is 14.6. The van der Waals surface area contributed by atoms with Crippen LogP contribution in [-0.4, -0.2) is 48.2 Å². The molecule has 0 aromatic heterocycles. The number of carbonyl (C=O) groups is 2. The summed E-state index contributed by atoms with van der Waals surface area (Å²) in [4.78, 5) is 38.5. The fraction of sp³-hybridized carbons (Fsp3) is 0.400. The normalized spacial score (nSPS) is 20.8. The van der Waals surface area contributed by atoms with Crippen LogP contribution in [0.2, 0.25) is 0 Å². The lowest BCUT2D eigenvalue weighted by atomic mass is 9.80. The van der Waals surface area contributed by atoms with Crippen LogP contribution in [0.3, 0.4) is 0 Å². The number of non-ortho nitro benzene ring substituents is 1. The van der Waals surface area contributed by atoms with Gasteiger partial charge in [-0.2, -0.15) is 0 Å². The molecule has 4 rings (SSSR count). The SMILES string of the molecule is COC(=O)C1=C(C)NC(C)=C(C(=O)OC(C)c2ccc(SCC3COC(C)(C)O3)cc2)C1c1cccc([N+](=O)[O-])c1. The molecule has 2 aromatic carbocycles. The van der Waals surface area contributed by atoms with E-state index in [0.29, 0.717) is 23.6 Å². The van der Waals surface area contributed by atoms with E-state index in [9.17, 15) is 19.7 Å². The molecule has 0 bridgehead atoms. The third-order valence-corrected chi connectivity index (χ3v) is 8.08. The predicted molar refractivity (Wildman–Crippen MR) is 153 cm³/mol. The van der Waals surface area contributed by atoms with Gasteiger partial charge >= 0.3 is 11.9 Å². The van der Waals surface area contributed by atoms with E-state index in [1.165, 1.54) is 25.3 Å². The van der Waals surface area contributed by atoms with Gasteiger partial charge in [-0.1, -0.05) is 24.3 Å². The Labute approximate surface area is 243 Å². The molecular formula is C30H34N2O8S. The van der Waals surface area contributed by atoms with Gasteiger partial charge in [0.05, 0.1) is 41.8 Å². The number of nitrogens with zero attached hydrogens (tertiary/aromatic N) is 1. The Morgan fingerprint density at radius 1 is 1.12 bits per heavy atom. The number of methoxy groups -OCH3 is 1. The van der Waals surface area contributed by atoms with Crippen molar-refractivity contribution in [1.82, 2.24) is 5.32 Å². The number of nitro groups is 1. The van der Waals surface area contributed by atoms with E-state index in [1.54, 1.807) is 38.6 Å². The highest BCUT2D eigenvalue weighted by molar-refractivity contribution is 7.99. The van der Waals surface area contributed by atoms with E-state index in [-0.39, 0.29) is 22.9 Å². The molecule has 218 valence electrons. The average Bonchev–Trinajstić information content (AvgIpc) is 3.29. The number of rotatable bonds is 9. The molecule has 0 radical (unpaired) electrons. The van der Waals surface area contributed by atoms with Gasteiger partial charge in [-0.25, -0.2) is 9.59 Å². The van der Waals surface area contributed by atoms with Crippen molar-refractivity contribution in [1.29, 1.82) is 0 Å². The first kappa shape index (κ1) is 30.3. The van der Waals surface area contributed by atoms with E-state index in [4.69, 9.17) is 18.9 Å². The third kappa shape index (κ3) is 6.98. The number of hydrogen-bond acceptors (Lipinski definition) is 10. The van der Waals surface area contributed by atoms with Gasteiger partial charge in [0.1, 0.15) is 6.10 Å². The van der Waals surface area contributed by atoms with Crippen LogP contribution in [0.25, 0.3) is 0 Å². The second kappa shape index (κ2) is 12.5. The molecule has 2 heterocycles. The van der Waals surface area contributed by atoms with Crippen molar-refractivity contribution in [2.45, 2.75) is 63.4 Å². The van der Waals surface area contributed by atoms with Gasteiger partial charge in [0.25, 0.3) is 5.69 Å². The van der Waals surface area contributed by atoms with Crippen LogP contribution >= 0.6 is 11.8 Å². The molecule has 41 heavy (non-hydrogen) atoms. The molecule has 2 aliphatic heterocycles. The van der Waals surface area contributed by atoms with Crippen LogP contribution in [0.1, 0.15) is 57.8 Å². The Kier molecular flexibility index (Phi) is 9.21. The van der Waals surface area contributed by atoms with Crippen molar-refractivity contribution in [2.24, 2.45) is 0 Å². The van der Waals surface area contributed by atoms with Gasteiger partial charge < -0.3 is 24.3 Å². The molecule has 0 spiro atoms. The minimum atomic E-state index is -0.922. The summed E-state index contributed by atoms with van der Waals surface area (Å²) >= 11 is 1.66. The molecule has 11 heteroatoms. The van der Waals surface area contributed by atoms with Gasteiger partial charge in [-0.3, -0.25) is 10.1 Å². The maximum Gasteiger partial charge on any atom is 0.337 e. The highest BCUT2D eigenvalue weighted by Crippen LogP contribution is 2.41. The number of hydrogen-bond donors (Lipinski definition) is 1. The smallest absolute Gasteiger partial charge is 0.337 e. The van der Waals surface area contributed by atoms with Crippen molar-refractivity contribution in [2.75, 3.05) is 19.5 Å². The highest BCUT2D eigenvalue weighted by Gasteiger charge is 2.39. The number of esters is 2. The van der Waals surface area contributed by atoms with Gasteiger partial charge in [-0.05, 0) is 57.9 Å². The number of allylic oxidation sites excluding steroid dienone is 2. The number of benzene rings is 2. The Balaban J connectivity index is 1.53. The standard InChI is InChI=1S/C30H34N2O8S/c1-17-25(28(33)37-6)27(21-8-7-9-22(14-21)32(35)36)26(18(2)31-17)29(34)39-19(3)20-10-12-24(13-11-20)41-16-23-15-38-30(4,5)40-23/h7-14,19,23,27,31H,15-16H2,1-6H3. The molecule has 0 amide bonds. The van der Waals surface area contributed by atoms with Gasteiger partial charge in [0, 0.05) is 34.2 Å². The number of carbonyl (C=O) groups excluding carboxylic acids is 2. The molecule has 1 fully saturated rings. The van der Waals surface area contributed by atoms with Crippen molar-refractivity contribution in [3.63, 3.8) is 0 Å². The number of nitrogens with one attached hydrogen (secondary N) is 1. The first-order valence-electron chi connectivity index (χ1n) is 13.2. The van der Waals surface area contributed by atoms with E-state index in [1.807, 2.05) is 38.1 Å². The minimum absolute atomic E-state index is 0.0155. The monoisotopic (exact) mass is 582 g/mol. The Morgan fingerprint density at radius 3 is 2.37 bits per heavy atom. The van der Waals surface area contributed by atoms with Crippen LogP contribution < -0.4 is 5.32 Å². The van der Waals surface area contributed by atoms with E-state index >= 15 is 0 Å². The summed E-state index contributed by atoms with van der Waals surface area (Å²) in [5.41, 5.74) is 2.37. The maximum atomic E-state index is 13.7. The topological polar surface area (TPSA) is 126 Å². The minimum Gasteiger partial charge on any atom is -0.466 e. The highest BCUT2D eigenvalue weighted by atomic mass is 32.2.